The van der Waals surface area contributed by atoms with Gasteiger partial charge in [-0.25, -0.2) is 4.98 Å². The van der Waals surface area contributed by atoms with Gasteiger partial charge in [-0.3, -0.25) is 0 Å². The number of nitrogens with zero attached hydrogens (tertiary/aromatic N) is 2. The van der Waals surface area contributed by atoms with Gasteiger partial charge in [-0.2, -0.15) is 0 Å². The van der Waals surface area contributed by atoms with Crippen LogP contribution in [0, 0.1) is 6.92 Å². The fourth-order valence-corrected chi connectivity index (χ4v) is 2.43. The summed E-state index contributed by atoms with van der Waals surface area (Å²) in [5, 5.41) is 3.51. The lowest BCUT2D eigenvalue weighted by Gasteiger charge is -2.12. The molecule has 0 saturated heterocycles. The highest BCUT2D eigenvalue weighted by Gasteiger charge is 2.23. The number of aryl methyl sites for hydroxylation is 2. The molecule has 19 heavy (non-hydrogen) atoms. The van der Waals surface area contributed by atoms with Crippen LogP contribution in [-0.4, -0.2) is 15.6 Å². The van der Waals surface area contributed by atoms with E-state index in [1.165, 1.54) is 24.0 Å². The van der Waals surface area contributed by atoms with Crippen molar-refractivity contribution in [3.05, 3.63) is 47.3 Å². The summed E-state index contributed by atoms with van der Waals surface area (Å²) in [4.78, 5) is 4.59. The zero-order valence-electron chi connectivity index (χ0n) is 11.7. The Kier molecular flexibility index (Phi) is 3.28. The second kappa shape index (κ2) is 5.08. The highest BCUT2D eigenvalue weighted by molar-refractivity contribution is 5.35. The van der Waals surface area contributed by atoms with Gasteiger partial charge in [0.2, 0.25) is 5.95 Å². The second-order valence-electron chi connectivity index (χ2n) is 5.37. The van der Waals surface area contributed by atoms with E-state index >= 15 is 0 Å². The van der Waals surface area contributed by atoms with Crippen LogP contribution in [0.2, 0.25) is 0 Å². The highest BCUT2D eigenvalue weighted by atomic mass is 15.2. The van der Waals surface area contributed by atoms with Gasteiger partial charge in [0.1, 0.15) is 0 Å². The van der Waals surface area contributed by atoms with E-state index in [0.29, 0.717) is 6.04 Å². The molecule has 100 valence electrons. The van der Waals surface area contributed by atoms with Crippen molar-refractivity contribution in [1.82, 2.24) is 9.55 Å². The van der Waals surface area contributed by atoms with E-state index in [0.717, 1.165) is 24.6 Å². The maximum Gasteiger partial charge on any atom is 0.203 e. The Hall–Kier alpha value is -1.77. The fourth-order valence-electron chi connectivity index (χ4n) is 2.43. The van der Waals surface area contributed by atoms with Gasteiger partial charge >= 0.3 is 0 Å². The van der Waals surface area contributed by atoms with E-state index in [-0.39, 0.29) is 0 Å². The van der Waals surface area contributed by atoms with Crippen molar-refractivity contribution >= 4 is 5.95 Å². The van der Waals surface area contributed by atoms with Crippen LogP contribution < -0.4 is 5.32 Å². The van der Waals surface area contributed by atoms with Crippen LogP contribution in [-0.2, 0) is 13.0 Å². The number of rotatable bonds is 5. The summed E-state index contributed by atoms with van der Waals surface area (Å²) in [5.41, 5.74) is 3.89. The Labute approximate surface area is 114 Å². The summed E-state index contributed by atoms with van der Waals surface area (Å²) in [6.45, 7) is 5.17. The van der Waals surface area contributed by atoms with E-state index in [1.54, 1.807) is 0 Å². The molecule has 0 spiro atoms. The molecule has 1 fully saturated rings. The standard InChI is InChI=1S/C16H21N3/c1-3-13-6-4-5-7-14(13)11-19-10-12(2)17-16(19)18-15-8-9-15/h4-7,10,15H,3,8-9,11H2,1-2H3,(H,17,18). The molecule has 1 aromatic heterocycles. The Morgan fingerprint density at radius 3 is 2.68 bits per heavy atom. The smallest absolute Gasteiger partial charge is 0.203 e. The summed E-state index contributed by atoms with van der Waals surface area (Å²) in [5.74, 6) is 1.02. The highest BCUT2D eigenvalue weighted by Crippen LogP contribution is 2.25. The van der Waals surface area contributed by atoms with Gasteiger partial charge in [0.25, 0.3) is 0 Å². The second-order valence-corrected chi connectivity index (χ2v) is 5.37. The first kappa shape index (κ1) is 12.3. The maximum absolute atomic E-state index is 4.59. The average molecular weight is 255 g/mol. The van der Waals surface area contributed by atoms with Crippen molar-refractivity contribution in [3.8, 4) is 0 Å². The van der Waals surface area contributed by atoms with Crippen molar-refractivity contribution in [1.29, 1.82) is 0 Å². The van der Waals surface area contributed by atoms with Crippen LogP contribution in [0.25, 0.3) is 0 Å². The average Bonchev–Trinajstić information content (AvgIpc) is 3.15. The predicted molar refractivity (Wildman–Crippen MR) is 78.5 cm³/mol. The molecule has 3 heteroatoms. The van der Waals surface area contributed by atoms with Gasteiger partial charge in [-0.05, 0) is 37.3 Å². The molecule has 0 unspecified atom stereocenters. The van der Waals surface area contributed by atoms with Crippen molar-refractivity contribution in [2.24, 2.45) is 0 Å². The van der Waals surface area contributed by atoms with Crippen molar-refractivity contribution in [2.75, 3.05) is 5.32 Å². The molecule has 0 atom stereocenters. The van der Waals surface area contributed by atoms with Crippen molar-refractivity contribution in [2.45, 2.75) is 45.7 Å². The number of imidazole rings is 1. The molecule has 3 nitrogen and oxygen atoms in total. The first-order valence-corrected chi connectivity index (χ1v) is 7.13. The Balaban J connectivity index is 1.85. The molecule has 1 aliphatic carbocycles. The third kappa shape index (κ3) is 2.80. The van der Waals surface area contributed by atoms with Gasteiger partial charge in [-0.1, -0.05) is 31.2 Å². The lowest BCUT2D eigenvalue weighted by Crippen LogP contribution is -2.10. The number of benzene rings is 1. The van der Waals surface area contributed by atoms with Gasteiger partial charge < -0.3 is 9.88 Å². The first-order valence-electron chi connectivity index (χ1n) is 7.13. The summed E-state index contributed by atoms with van der Waals surface area (Å²) in [6.07, 6.45) is 5.77. The minimum atomic E-state index is 0.641. The molecular formula is C16H21N3. The fraction of sp³-hybridized carbons (Fsp3) is 0.438. The summed E-state index contributed by atoms with van der Waals surface area (Å²) in [6, 6.07) is 9.31. The van der Waals surface area contributed by atoms with E-state index in [4.69, 9.17) is 0 Å². The van der Waals surface area contributed by atoms with Crippen LogP contribution in [0.5, 0.6) is 0 Å². The summed E-state index contributed by atoms with van der Waals surface area (Å²) in [7, 11) is 0. The van der Waals surface area contributed by atoms with Crippen molar-refractivity contribution < 1.29 is 0 Å². The van der Waals surface area contributed by atoms with Crippen LogP contribution in [0.15, 0.2) is 30.5 Å². The molecule has 1 heterocycles. The third-order valence-corrected chi connectivity index (χ3v) is 3.65. The predicted octanol–water partition coefficient (Wildman–Crippen LogP) is 3.38. The van der Waals surface area contributed by atoms with Gasteiger partial charge in [0, 0.05) is 12.2 Å². The minimum absolute atomic E-state index is 0.641. The lowest BCUT2D eigenvalue weighted by molar-refractivity contribution is 0.786. The molecular weight excluding hydrogens is 234 g/mol. The van der Waals surface area contributed by atoms with E-state index in [1.807, 2.05) is 0 Å². The molecule has 2 aromatic rings. The molecule has 1 N–H and O–H groups in total. The molecule has 0 bridgehead atoms. The van der Waals surface area contributed by atoms with E-state index in [9.17, 15) is 0 Å². The topological polar surface area (TPSA) is 29.9 Å². The molecule has 3 rings (SSSR count). The number of anilines is 1. The number of nitrogens with one attached hydrogen (secondary N) is 1. The SMILES string of the molecule is CCc1ccccc1Cn1cc(C)nc1NC1CC1. The Morgan fingerprint density at radius 1 is 1.26 bits per heavy atom. The van der Waals surface area contributed by atoms with Crippen LogP contribution >= 0.6 is 0 Å². The third-order valence-electron chi connectivity index (χ3n) is 3.65. The first-order chi connectivity index (χ1) is 9.26. The number of hydrogen-bond acceptors (Lipinski definition) is 2. The largest absolute Gasteiger partial charge is 0.353 e. The summed E-state index contributed by atoms with van der Waals surface area (Å²) >= 11 is 0. The minimum Gasteiger partial charge on any atom is -0.353 e. The molecule has 1 aliphatic rings. The number of aromatic nitrogens is 2. The van der Waals surface area contributed by atoms with Gasteiger partial charge in [0.05, 0.1) is 12.2 Å². The monoisotopic (exact) mass is 255 g/mol. The Morgan fingerprint density at radius 2 is 2.00 bits per heavy atom. The molecule has 1 aromatic carbocycles. The van der Waals surface area contributed by atoms with E-state index < -0.39 is 0 Å². The lowest BCUT2D eigenvalue weighted by atomic mass is 10.1. The van der Waals surface area contributed by atoms with Crippen molar-refractivity contribution in [3.63, 3.8) is 0 Å². The summed E-state index contributed by atoms with van der Waals surface area (Å²) < 4.78 is 2.24. The van der Waals surface area contributed by atoms with Gasteiger partial charge in [0.15, 0.2) is 0 Å². The van der Waals surface area contributed by atoms with Gasteiger partial charge in [-0.15, -0.1) is 0 Å². The number of hydrogen-bond donors (Lipinski definition) is 1. The van der Waals surface area contributed by atoms with Crippen LogP contribution in [0.1, 0.15) is 36.6 Å². The zero-order valence-corrected chi connectivity index (χ0v) is 11.7. The van der Waals surface area contributed by atoms with Crippen LogP contribution in [0.3, 0.4) is 0 Å². The quantitative estimate of drug-likeness (QED) is 0.887. The molecule has 0 aliphatic heterocycles. The molecule has 1 saturated carbocycles. The van der Waals surface area contributed by atoms with E-state index in [2.05, 4.69) is 59.2 Å². The van der Waals surface area contributed by atoms with Crippen LogP contribution in [0.4, 0.5) is 5.95 Å². The normalized spacial score (nSPS) is 14.6. The zero-order chi connectivity index (χ0) is 13.2. The maximum atomic E-state index is 4.59. The Bertz CT molecular complexity index is 567. The molecule has 0 radical (unpaired) electrons. The molecule has 0 amide bonds.